The molecular formula is C14H21NO3S. The molecule has 0 aliphatic carbocycles. The van der Waals surface area contributed by atoms with Gasteiger partial charge < -0.3 is 15.2 Å². The molecule has 1 aromatic carbocycles. The average Bonchev–Trinajstić information content (AvgIpc) is 2.39. The smallest absolute Gasteiger partial charge is 0.321 e. The minimum atomic E-state index is -0.238. The molecule has 0 aliphatic heterocycles. The zero-order chi connectivity index (χ0) is 14.1. The summed E-state index contributed by atoms with van der Waals surface area (Å²) in [5, 5.41) is 0.373. The molecular weight excluding hydrogens is 262 g/mol. The van der Waals surface area contributed by atoms with Gasteiger partial charge in [0, 0.05) is 5.25 Å². The van der Waals surface area contributed by atoms with Crippen molar-refractivity contribution in [1.29, 1.82) is 0 Å². The van der Waals surface area contributed by atoms with Crippen LogP contribution >= 0.6 is 11.8 Å². The molecule has 2 N–H and O–H groups in total. The maximum Gasteiger partial charge on any atom is 0.321 e. The number of carbonyl (C=O) groups excluding carboxylic acids is 1. The van der Waals surface area contributed by atoms with Gasteiger partial charge in [0.05, 0.1) is 12.4 Å². The first kappa shape index (κ1) is 15.9. The summed E-state index contributed by atoms with van der Waals surface area (Å²) >= 11 is 1.56. The van der Waals surface area contributed by atoms with Crippen molar-refractivity contribution in [3.8, 4) is 11.5 Å². The number of carbonyl (C=O) groups is 1. The van der Waals surface area contributed by atoms with Crippen LogP contribution < -0.4 is 15.2 Å². The van der Waals surface area contributed by atoms with Crippen LogP contribution in [0.1, 0.15) is 20.3 Å². The molecule has 0 aromatic heterocycles. The summed E-state index contributed by atoms with van der Waals surface area (Å²) in [5.74, 6) is 1.42. The molecule has 1 aromatic rings. The summed E-state index contributed by atoms with van der Waals surface area (Å²) in [7, 11) is 0. The zero-order valence-corrected chi connectivity index (χ0v) is 12.2. The number of hydrogen-bond donors (Lipinski definition) is 1. The molecule has 106 valence electrons. The van der Waals surface area contributed by atoms with Gasteiger partial charge in [-0.1, -0.05) is 6.92 Å². The Bertz CT molecular complexity index is 381. The molecule has 0 amide bonds. The van der Waals surface area contributed by atoms with Crippen molar-refractivity contribution in [1.82, 2.24) is 0 Å². The van der Waals surface area contributed by atoms with E-state index in [0.29, 0.717) is 29.9 Å². The number of thioether (sulfide) groups is 1. The van der Waals surface area contributed by atoms with Gasteiger partial charge in [-0.15, -0.1) is 11.8 Å². The zero-order valence-electron chi connectivity index (χ0n) is 11.4. The molecule has 0 saturated carbocycles. The SMILES string of the molecule is CCOc1ccc(OC(=O)CSC(C)CCN)cc1. The standard InChI is InChI=1S/C14H21NO3S/c1-3-17-12-4-6-13(7-5-12)18-14(16)10-19-11(2)8-9-15/h4-7,11H,3,8-10,15H2,1-2H3. The lowest BCUT2D eigenvalue weighted by Gasteiger charge is -2.09. The van der Waals surface area contributed by atoms with E-state index in [4.69, 9.17) is 15.2 Å². The van der Waals surface area contributed by atoms with Crippen molar-refractivity contribution >= 4 is 17.7 Å². The minimum absolute atomic E-state index is 0.238. The summed E-state index contributed by atoms with van der Waals surface area (Å²) in [6.45, 7) is 5.24. The van der Waals surface area contributed by atoms with Crippen LogP contribution in [0.5, 0.6) is 11.5 Å². The minimum Gasteiger partial charge on any atom is -0.494 e. The molecule has 0 saturated heterocycles. The first-order chi connectivity index (χ1) is 9.15. The van der Waals surface area contributed by atoms with Crippen LogP contribution in [-0.4, -0.2) is 30.1 Å². The second-order valence-corrected chi connectivity index (χ2v) is 5.50. The highest BCUT2D eigenvalue weighted by Crippen LogP contribution is 2.19. The summed E-state index contributed by atoms with van der Waals surface area (Å²) in [6, 6.07) is 7.04. The highest BCUT2D eigenvalue weighted by molar-refractivity contribution is 8.00. The molecule has 0 heterocycles. The van der Waals surface area contributed by atoms with E-state index in [1.807, 2.05) is 6.92 Å². The van der Waals surface area contributed by atoms with Crippen LogP contribution in [0.15, 0.2) is 24.3 Å². The van der Waals surface area contributed by atoms with Gasteiger partial charge >= 0.3 is 5.97 Å². The van der Waals surface area contributed by atoms with E-state index < -0.39 is 0 Å². The second-order valence-electron chi connectivity index (χ2n) is 4.08. The van der Waals surface area contributed by atoms with E-state index in [1.165, 1.54) is 0 Å². The van der Waals surface area contributed by atoms with Gasteiger partial charge in [-0.3, -0.25) is 4.79 Å². The number of benzene rings is 1. The van der Waals surface area contributed by atoms with E-state index in [0.717, 1.165) is 12.2 Å². The van der Waals surface area contributed by atoms with Crippen molar-refractivity contribution in [3.63, 3.8) is 0 Å². The maximum atomic E-state index is 11.6. The molecule has 0 spiro atoms. The highest BCUT2D eigenvalue weighted by atomic mass is 32.2. The molecule has 1 rings (SSSR count). The third kappa shape index (κ3) is 6.50. The van der Waals surface area contributed by atoms with Crippen molar-refractivity contribution in [2.75, 3.05) is 18.9 Å². The summed E-state index contributed by atoms with van der Waals surface area (Å²) in [6.07, 6.45) is 0.904. The fraction of sp³-hybridized carbons (Fsp3) is 0.500. The lowest BCUT2D eigenvalue weighted by atomic mass is 10.3. The van der Waals surface area contributed by atoms with Crippen molar-refractivity contribution in [2.45, 2.75) is 25.5 Å². The fourth-order valence-corrected chi connectivity index (χ4v) is 2.24. The Hall–Kier alpha value is -1.20. The van der Waals surface area contributed by atoms with Gasteiger partial charge in [-0.05, 0) is 44.2 Å². The molecule has 5 heteroatoms. The lowest BCUT2D eigenvalue weighted by molar-refractivity contribution is -0.131. The Morgan fingerprint density at radius 3 is 2.53 bits per heavy atom. The monoisotopic (exact) mass is 283 g/mol. The van der Waals surface area contributed by atoms with E-state index in [1.54, 1.807) is 36.0 Å². The molecule has 4 nitrogen and oxygen atoms in total. The van der Waals surface area contributed by atoms with Crippen LogP contribution in [0, 0.1) is 0 Å². The topological polar surface area (TPSA) is 61.5 Å². The lowest BCUT2D eigenvalue weighted by Crippen LogP contribution is -2.14. The molecule has 1 unspecified atom stereocenters. The van der Waals surface area contributed by atoms with E-state index in [-0.39, 0.29) is 5.97 Å². The van der Waals surface area contributed by atoms with Gasteiger partial charge in [-0.2, -0.15) is 0 Å². The first-order valence-electron chi connectivity index (χ1n) is 6.41. The largest absolute Gasteiger partial charge is 0.494 e. The number of nitrogens with two attached hydrogens (primary N) is 1. The van der Waals surface area contributed by atoms with E-state index >= 15 is 0 Å². The van der Waals surface area contributed by atoms with Crippen LogP contribution in [-0.2, 0) is 4.79 Å². The Kier molecular flexibility index (Phi) is 7.36. The van der Waals surface area contributed by atoms with Crippen molar-refractivity contribution in [3.05, 3.63) is 24.3 Å². The van der Waals surface area contributed by atoms with Gasteiger partial charge in [0.2, 0.25) is 0 Å². The van der Waals surface area contributed by atoms with Gasteiger partial charge in [0.1, 0.15) is 11.5 Å². The Labute approximate surface area is 118 Å². The maximum absolute atomic E-state index is 11.6. The summed E-state index contributed by atoms with van der Waals surface area (Å²) < 4.78 is 10.5. The molecule has 19 heavy (non-hydrogen) atoms. The van der Waals surface area contributed by atoms with Crippen LogP contribution in [0.4, 0.5) is 0 Å². The highest BCUT2D eigenvalue weighted by Gasteiger charge is 2.08. The van der Waals surface area contributed by atoms with Gasteiger partial charge in [-0.25, -0.2) is 0 Å². The first-order valence-corrected chi connectivity index (χ1v) is 7.45. The van der Waals surface area contributed by atoms with Gasteiger partial charge in [0.25, 0.3) is 0 Å². The van der Waals surface area contributed by atoms with Gasteiger partial charge in [0.15, 0.2) is 0 Å². The number of rotatable bonds is 8. The Morgan fingerprint density at radius 2 is 1.95 bits per heavy atom. The predicted octanol–water partition coefficient (Wildman–Crippen LogP) is 2.46. The molecule has 0 fully saturated rings. The third-order valence-corrected chi connectivity index (χ3v) is 3.63. The molecule has 0 aliphatic rings. The van der Waals surface area contributed by atoms with E-state index in [2.05, 4.69) is 6.92 Å². The summed E-state index contributed by atoms with van der Waals surface area (Å²) in [5.41, 5.74) is 5.46. The van der Waals surface area contributed by atoms with E-state index in [9.17, 15) is 4.79 Å². The molecule has 1 atom stereocenters. The number of hydrogen-bond acceptors (Lipinski definition) is 5. The quantitative estimate of drug-likeness (QED) is 0.586. The van der Waals surface area contributed by atoms with Crippen LogP contribution in [0.2, 0.25) is 0 Å². The number of esters is 1. The molecule has 0 bridgehead atoms. The molecule has 0 radical (unpaired) electrons. The predicted molar refractivity (Wildman–Crippen MR) is 78.8 cm³/mol. The third-order valence-electron chi connectivity index (χ3n) is 2.43. The van der Waals surface area contributed by atoms with Crippen LogP contribution in [0.3, 0.4) is 0 Å². The average molecular weight is 283 g/mol. The Morgan fingerprint density at radius 1 is 1.32 bits per heavy atom. The number of ether oxygens (including phenoxy) is 2. The van der Waals surface area contributed by atoms with Crippen molar-refractivity contribution in [2.24, 2.45) is 5.73 Å². The second kappa shape index (κ2) is 8.82. The van der Waals surface area contributed by atoms with Crippen LogP contribution in [0.25, 0.3) is 0 Å². The Balaban J connectivity index is 2.35. The summed E-state index contributed by atoms with van der Waals surface area (Å²) in [4.78, 5) is 11.6. The fourth-order valence-electron chi connectivity index (χ4n) is 1.46. The normalized spacial score (nSPS) is 11.9. The van der Waals surface area contributed by atoms with Crippen molar-refractivity contribution < 1.29 is 14.3 Å².